The molecule has 1 amide bonds. The van der Waals surface area contributed by atoms with Crippen LogP contribution in [-0.2, 0) is 4.79 Å². The van der Waals surface area contributed by atoms with Gasteiger partial charge >= 0.3 is 0 Å². The molecule has 1 aliphatic carbocycles. The van der Waals surface area contributed by atoms with E-state index in [1.54, 1.807) is 0 Å². The Labute approximate surface area is 89.8 Å². The van der Waals surface area contributed by atoms with Gasteiger partial charge in [0.25, 0.3) is 0 Å². The minimum Gasteiger partial charge on any atom is -0.340 e. The molecule has 14 heavy (non-hydrogen) atoms. The molecule has 0 aromatic carbocycles. The lowest BCUT2D eigenvalue weighted by Gasteiger charge is -2.34. The summed E-state index contributed by atoms with van der Waals surface area (Å²) < 4.78 is 0. The molecule has 3 nitrogen and oxygen atoms in total. The van der Waals surface area contributed by atoms with Crippen molar-refractivity contribution in [3.63, 3.8) is 0 Å². The average molecular weight is 214 g/mol. The van der Waals surface area contributed by atoms with Gasteiger partial charge < -0.3 is 4.90 Å². The van der Waals surface area contributed by atoms with E-state index >= 15 is 0 Å². The Morgan fingerprint density at radius 1 is 1.29 bits per heavy atom. The highest BCUT2D eigenvalue weighted by atomic mass is 32.2. The maximum atomic E-state index is 11.7. The van der Waals surface area contributed by atoms with Crippen molar-refractivity contribution in [2.45, 2.75) is 12.8 Å². The first-order valence-electron chi connectivity index (χ1n) is 5.31. The summed E-state index contributed by atoms with van der Waals surface area (Å²) in [4.78, 5) is 16.2. The van der Waals surface area contributed by atoms with Crippen LogP contribution < -0.4 is 0 Å². The van der Waals surface area contributed by atoms with Gasteiger partial charge in [0.15, 0.2) is 0 Å². The van der Waals surface area contributed by atoms with Crippen LogP contribution in [-0.4, -0.2) is 54.0 Å². The van der Waals surface area contributed by atoms with E-state index in [9.17, 15) is 4.79 Å². The number of carbonyl (C=O) groups excluding carboxylic acids is 1. The Kier molecular flexibility index (Phi) is 3.34. The van der Waals surface area contributed by atoms with Crippen molar-refractivity contribution in [3.8, 4) is 0 Å². The lowest BCUT2D eigenvalue weighted by atomic mass is 10.3. The number of hydrogen-bond acceptors (Lipinski definition) is 3. The number of thioether (sulfide) groups is 1. The van der Waals surface area contributed by atoms with Gasteiger partial charge in [-0.25, -0.2) is 0 Å². The van der Waals surface area contributed by atoms with Gasteiger partial charge in [-0.05, 0) is 19.1 Å². The minimum atomic E-state index is 0.391. The summed E-state index contributed by atoms with van der Waals surface area (Å²) in [5, 5.41) is 0. The smallest absolute Gasteiger partial charge is 0.225 e. The minimum absolute atomic E-state index is 0.391. The van der Waals surface area contributed by atoms with Crippen molar-refractivity contribution in [1.29, 1.82) is 0 Å². The molecule has 2 rings (SSSR count). The van der Waals surface area contributed by atoms with Gasteiger partial charge in [0.2, 0.25) is 5.91 Å². The van der Waals surface area contributed by atoms with Crippen LogP contribution in [0.25, 0.3) is 0 Å². The molecule has 0 unspecified atom stereocenters. The third kappa shape index (κ3) is 2.42. The van der Waals surface area contributed by atoms with Crippen molar-refractivity contribution in [2.24, 2.45) is 5.92 Å². The van der Waals surface area contributed by atoms with Gasteiger partial charge in [-0.1, -0.05) is 0 Å². The molecule has 80 valence electrons. The molecule has 0 N–H and O–H groups in total. The highest BCUT2D eigenvalue weighted by Crippen LogP contribution is 2.31. The topological polar surface area (TPSA) is 23.6 Å². The number of amides is 1. The summed E-state index contributed by atoms with van der Waals surface area (Å²) in [7, 11) is 0. The molecule has 4 heteroatoms. The number of nitrogens with zero attached hydrogens (tertiary/aromatic N) is 2. The third-order valence-electron chi connectivity index (χ3n) is 2.92. The number of hydrogen-bond donors (Lipinski definition) is 0. The van der Waals surface area contributed by atoms with Crippen molar-refractivity contribution in [1.82, 2.24) is 9.80 Å². The Bertz CT molecular complexity index is 210. The van der Waals surface area contributed by atoms with E-state index < -0.39 is 0 Å². The summed E-state index contributed by atoms with van der Waals surface area (Å²) in [5.41, 5.74) is 0. The Morgan fingerprint density at radius 2 is 1.93 bits per heavy atom. The highest BCUT2D eigenvalue weighted by molar-refractivity contribution is 7.98. The van der Waals surface area contributed by atoms with Gasteiger partial charge in [0.1, 0.15) is 0 Å². The molecule has 1 saturated carbocycles. The first-order chi connectivity index (χ1) is 6.81. The van der Waals surface area contributed by atoms with Crippen LogP contribution in [0.1, 0.15) is 12.8 Å². The van der Waals surface area contributed by atoms with Crippen molar-refractivity contribution in [2.75, 3.05) is 38.3 Å². The van der Waals surface area contributed by atoms with E-state index in [1.807, 2.05) is 11.8 Å². The Balaban J connectivity index is 1.74. The molecule has 1 saturated heterocycles. The quantitative estimate of drug-likeness (QED) is 0.696. The second kappa shape index (κ2) is 4.53. The van der Waals surface area contributed by atoms with Crippen LogP contribution in [0.5, 0.6) is 0 Å². The summed E-state index contributed by atoms with van der Waals surface area (Å²) in [6.45, 7) is 3.99. The number of piperazine rings is 1. The van der Waals surface area contributed by atoms with Gasteiger partial charge in [-0.3, -0.25) is 9.69 Å². The summed E-state index contributed by atoms with van der Waals surface area (Å²) in [6.07, 6.45) is 4.38. The second-order valence-electron chi connectivity index (χ2n) is 4.14. The number of rotatable bonds is 3. The van der Waals surface area contributed by atoms with E-state index in [0.29, 0.717) is 11.8 Å². The van der Waals surface area contributed by atoms with E-state index in [2.05, 4.69) is 16.1 Å². The predicted molar refractivity (Wildman–Crippen MR) is 59.3 cm³/mol. The van der Waals surface area contributed by atoms with E-state index in [4.69, 9.17) is 0 Å². The van der Waals surface area contributed by atoms with Gasteiger partial charge in [-0.15, -0.1) is 11.8 Å². The van der Waals surface area contributed by atoms with E-state index in [1.165, 1.54) is 0 Å². The normalized spacial score (nSPS) is 23.9. The first kappa shape index (κ1) is 10.3. The molecule has 1 aliphatic heterocycles. The largest absolute Gasteiger partial charge is 0.340 e. The summed E-state index contributed by atoms with van der Waals surface area (Å²) in [5.74, 6) is 1.90. The number of carbonyl (C=O) groups is 1. The molecular weight excluding hydrogens is 196 g/mol. The van der Waals surface area contributed by atoms with Crippen LogP contribution in [0.3, 0.4) is 0 Å². The second-order valence-corrected chi connectivity index (χ2v) is 4.97. The lowest BCUT2D eigenvalue weighted by molar-refractivity contribution is -0.134. The Hall–Kier alpha value is -0.220. The maximum Gasteiger partial charge on any atom is 0.225 e. The monoisotopic (exact) mass is 214 g/mol. The molecule has 2 fully saturated rings. The van der Waals surface area contributed by atoms with Gasteiger partial charge in [0, 0.05) is 38.0 Å². The van der Waals surface area contributed by atoms with Crippen molar-refractivity contribution >= 4 is 17.7 Å². The fourth-order valence-electron chi connectivity index (χ4n) is 1.87. The molecule has 0 radical (unpaired) electrons. The van der Waals surface area contributed by atoms with Crippen LogP contribution in [0.4, 0.5) is 0 Å². The molecular formula is C10H18N2OS. The average Bonchev–Trinajstić information content (AvgIpc) is 3.02. The van der Waals surface area contributed by atoms with Crippen LogP contribution >= 0.6 is 11.8 Å². The third-order valence-corrected chi connectivity index (χ3v) is 3.55. The van der Waals surface area contributed by atoms with Crippen LogP contribution in [0.15, 0.2) is 0 Å². The lowest BCUT2D eigenvalue weighted by Crippen LogP contribution is -2.48. The molecule has 2 aliphatic rings. The zero-order valence-electron chi connectivity index (χ0n) is 8.74. The van der Waals surface area contributed by atoms with E-state index in [0.717, 1.165) is 44.9 Å². The van der Waals surface area contributed by atoms with Gasteiger partial charge in [0.05, 0.1) is 0 Å². The predicted octanol–water partition coefficient (Wildman–Crippen LogP) is 0.861. The van der Waals surface area contributed by atoms with Crippen LogP contribution in [0, 0.1) is 5.92 Å². The van der Waals surface area contributed by atoms with Crippen molar-refractivity contribution in [3.05, 3.63) is 0 Å². The Morgan fingerprint density at radius 3 is 2.43 bits per heavy atom. The van der Waals surface area contributed by atoms with Gasteiger partial charge in [-0.2, -0.15) is 0 Å². The van der Waals surface area contributed by atoms with Crippen molar-refractivity contribution < 1.29 is 4.79 Å². The maximum absolute atomic E-state index is 11.7. The fraction of sp³-hybridized carbons (Fsp3) is 0.900. The van der Waals surface area contributed by atoms with E-state index in [-0.39, 0.29) is 0 Å². The standard InChI is InChI=1S/C10H18N2OS/c1-14-8-11-4-6-12(7-5-11)10(13)9-2-3-9/h9H,2-8H2,1H3. The van der Waals surface area contributed by atoms with Crippen LogP contribution in [0.2, 0.25) is 0 Å². The molecule has 0 spiro atoms. The first-order valence-corrected chi connectivity index (χ1v) is 6.70. The molecule has 1 heterocycles. The summed E-state index contributed by atoms with van der Waals surface area (Å²) in [6, 6.07) is 0. The summed E-state index contributed by atoms with van der Waals surface area (Å²) >= 11 is 1.86. The molecule has 0 atom stereocenters. The molecule has 0 aromatic rings. The zero-order valence-corrected chi connectivity index (χ0v) is 9.55. The molecule has 0 aromatic heterocycles. The fourth-order valence-corrected chi connectivity index (χ4v) is 2.49. The zero-order chi connectivity index (χ0) is 9.97. The molecule has 0 bridgehead atoms. The highest BCUT2D eigenvalue weighted by Gasteiger charge is 2.34. The SMILES string of the molecule is CSCN1CCN(C(=O)C2CC2)CC1.